The molecule has 3 N–H and O–H groups in total. The molecule has 0 amide bonds. The second-order valence-electron chi connectivity index (χ2n) is 3.49. The maximum atomic E-state index is 11.1. The Hall–Kier alpha value is -1.07. The molecule has 0 fully saturated rings. The van der Waals surface area contributed by atoms with Crippen molar-refractivity contribution in [3.05, 3.63) is 21.7 Å². The van der Waals surface area contributed by atoms with E-state index in [-0.39, 0.29) is 29.1 Å². The Bertz CT molecular complexity index is 380. The van der Waals surface area contributed by atoms with Crippen LogP contribution < -0.4 is 10.9 Å². The van der Waals surface area contributed by atoms with Crippen LogP contribution in [0.15, 0.2) is 11.1 Å². The van der Waals surface area contributed by atoms with Crippen LogP contribution in [-0.4, -0.2) is 27.7 Å². The highest BCUT2D eigenvalue weighted by atomic mass is 35.5. The monoisotopic (exact) mass is 231 g/mol. The summed E-state index contributed by atoms with van der Waals surface area (Å²) in [5.74, 6) is 0.398. The first-order chi connectivity index (χ1) is 7.06. The van der Waals surface area contributed by atoms with Gasteiger partial charge in [-0.15, -0.1) is 0 Å². The lowest BCUT2D eigenvalue weighted by molar-refractivity contribution is 0.226. The van der Waals surface area contributed by atoms with E-state index < -0.39 is 0 Å². The highest BCUT2D eigenvalue weighted by molar-refractivity contribution is 6.32. The lowest BCUT2D eigenvalue weighted by atomic mass is 10.1. The molecule has 5 nitrogen and oxygen atoms in total. The summed E-state index contributed by atoms with van der Waals surface area (Å²) in [7, 11) is 0. The summed E-state index contributed by atoms with van der Waals surface area (Å²) in [5, 5.41) is 12.0. The van der Waals surface area contributed by atoms with E-state index in [1.54, 1.807) is 0 Å². The third-order valence-corrected chi connectivity index (χ3v) is 2.65. The smallest absolute Gasteiger partial charge is 0.271 e. The third-order valence-electron chi connectivity index (χ3n) is 2.30. The molecule has 1 aromatic heterocycles. The number of aromatic amines is 1. The van der Waals surface area contributed by atoms with Gasteiger partial charge in [0.05, 0.1) is 6.33 Å². The van der Waals surface area contributed by atoms with E-state index in [1.165, 1.54) is 6.33 Å². The first-order valence-corrected chi connectivity index (χ1v) is 5.04. The van der Waals surface area contributed by atoms with Crippen molar-refractivity contribution in [3.63, 3.8) is 0 Å². The number of rotatable bonds is 4. The van der Waals surface area contributed by atoms with Gasteiger partial charge < -0.3 is 15.4 Å². The summed E-state index contributed by atoms with van der Waals surface area (Å²) in [6.07, 6.45) is 1.28. The van der Waals surface area contributed by atoms with Crippen molar-refractivity contribution in [2.45, 2.75) is 19.9 Å². The SMILES string of the molecule is CC(CO)C(C)Nc1nc[nH]c(=O)c1Cl. The van der Waals surface area contributed by atoms with E-state index in [0.29, 0.717) is 5.82 Å². The van der Waals surface area contributed by atoms with E-state index in [0.717, 1.165) is 0 Å². The minimum atomic E-state index is -0.377. The number of nitrogens with one attached hydrogen (secondary N) is 2. The predicted octanol–water partition coefficient (Wildman–Crippen LogP) is 0.852. The van der Waals surface area contributed by atoms with Crippen molar-refractivity contribution in [2.24, 2.45) is 5.92 Å². The van der Waals surface area contributed by atoms with Crippen LogP contribution in [-0.2, 0) is 0 Å². The Kier molecular flexibility index (Phi) is 4.11. The minimum Gasteiger partial charge on any atom is -0.396 e. The number of H-pyrrole nitrogens is 1. The van der Waals surface area contributed by atoms with Crippen LogP contribution in [0.4, 0.5) is 5.82 Å². The largest absolute Gasteiger partial charge is 0.396 e. The van der Waals surface area contributed by atoms with Gasteiger partial charge in [0.2, 0.25) is 0 Å². The van der Waals surface area contributed by atoms with Crippen molar-refractivity contribution < 1.29 is 5.11 Å². The molecule has 0 radical (unpaired) electrons. The molecule has 1 rings (SSSR count). The Balaban J connectivity index is 2.81. The fraction of sp³-hybridized carbons (Fsp3) is 0.556. The van der Waals surface area contributed by atoms with Crippen LogP contribution in [0.3, 0.4) is 0 Å². The number of nitrogens with zero attached hydrogens (tertiary/aromatic N) is 1. The highest BCUT2D eigenvalue weighted by Gasteiger charge is 2.14. The van der Waals surface area contributed by atoms with E-state index in [1.807, 2.05) is 13.8 Å². The molecule has 6 heteroatoms. The molecule has 2 unspecified atom stereocenters. The van der Waals surface area contributed by atoms with Crippen LogP contribution in [0.25, 0.3) is 0 Å². The van der Waals surface area contributed by atoms with E-state index in [9.17, 15) is 4.79 Å². The van der Waals surface area contributed by atoms with Gasteiger partial charge in [0.25, 0.3) is 5.56 Å². The molecule has 0 spiro atoms. The number of aliphatic hydroxyl groups is 1. The van der Waals surface area contributed by atoms with Gasteiger partial charge in [-0.1, -0.05) is 18.5 Å². The zero-order valence-electron chi connectivity index (χ0n) is 8.62. The summed E-state index contributed by atoms with van der Waals surface area (Å²) < 4.78 is 0. The maximum absolute atomic E-state index is 11.1. The number of hydrogen-bond donors (Lipinski definition) is 3. The van der Waals surface area contributed by atoms with Crippen molar-refractivity contribution in [1.29, 1.82) is 0 Å². The van der Waals surface area contributed by atoms with Gasteiger partial charge in [0, 0.05) is 12.6 Å². The van der Waals surface area contributed by atoms with Crippen LogP contribution >= 0.6 is 11.6 Å². The number of aliphatic hydroxyl groups excluding tert-OH is 1. The molecule has 0 aromatic carbocycles. The fourth-order valence-corrected chi connectivity index (χ4v) is 1.16. The standard InChI is InChI=1S/C9H14ClN3O2/c1-5(3-14)6(2)13-8-7(10)9(15)12-4-11-8/h4-6,14H,3H2,1-2H3,(H2,11,12,13,15). The first-order valence-electron chi connectivity index (χ1n) is 4.66. The molecule has 2 atom stereocenters. The molecule has 84 valence electrons. The molecule has 0 bridgehead atoms. The van der Waals surface area contributed by atoms with Crippen LogP contribution in [0.5, 0.6) is 0 Å². The molecule has 0 saturated heterocycles. The maximum Gasteiger partial charge on any atom is 0.271 e. The summed E-state index contributed by atoms with van der Waals surface area (Å²) in [5.41, 5.74) is -0.377. The zero-order valence-corrected chi connectivity index (χ0v) is 9.38. The predicted molar refractivity (Wildman–Crippen MR) is 59.2 cm³/mol. The third kappa shape index (κ3) is 2.94. The first kappa shape index (κ1) is 12.0. The summed E-state index contributed by atoms with van der Waals surface area (Å²) in [6.45, 7) is 3.84. The van der Waals surface area contributed by atoms with Crippen LogP contribution in [0.2, 0.25) is 5.02 Å². The minimum absolute atomic E-state index is 0.0122. The number of halogens is 1. The van der Waals surface area contributed by atoms with Gasteiger partial charge >= 0.3 is 0 Å². The highest BCUT2D eigenvalue weighted by Crippen LogP contribution is 2.15. The molecular formula is C9H14ClN3O2. The van der Waals surface area contributed by atoms with Crippen molar-refractivity contribution >= 4 is 17.4 Å². The zero-order chi connectivity index (χ0) is 11.4. The van der Waals surface area contributed by atoms with Gasteiger partial charge in [-0.3, -0.25) is 4.79 Å². The molecule has 1 aromatic rings. The van der Waals surface area contributed by atoms with Gasteiger partial charge in [-0.25, -0.2) is 4.98 Å². The molecule has 0 aliphatic carbocycles. The lowest BCUT2D eigenvalue weighted by Gasteiger charge is -2.19. The summed E-state index contributed by atoms with van der Waals surface area (Å²) in [4.78, 5) is 17.4. The van der Waals surface area contributed by atoms with Crippen molar-refractivity contribution in [1.82, 2.24) is 9.97 Å². The number of anilines is 1. The van der Waals surface area contributed by atoms with E-state index in [2.05, 4.69) is 15.3 Å². The summed E-state index contributed by atoms with van der Waals surface area (Å²) in [6, 6.07) is -0.0122. The average molecular weight is 232 g/mol. The second kappa shape index (κ2) is 5.14. The number of aromatic nitrogens is 2. The Morgan fingerprint density at radius 3 is 2.93 bits per heavy atom. The van der Waals surface area contributed by atoms with Crippen LogP contribution in [0.1, 0.15) is 13.8 Å². The molecule has 0 aliphatic heterocycles. The van der Waals surface area contributed by atoms with Gasteiger partial charge in [0.15, 0.2) is 5.82 Å². The number of hydrogen-bond acceptors (Lipinski definition) is 4. The second-order valence-corrected chi connectivity index (χ2v) is 3.87. The Labute approximate surface area is 92.5 Å². The topological polar surface area (TPSA) is 78.0 Å². The molecule has 15 heavy (non-hydrogen) atoms. The van der Waals surface area contributed by atoms with Gasteiger partial charge in [-0.2, -0.15) is 0 Å². The lowest BCUT2D eigenvalue weighted by Crippen LogP contribution is -2.27. The quantitative estimate of drug-likeness (QED) is 0.718. The van der Waals surface area contributed by atoms with Gasteiger partial charge in [-0.05, 0) is 12.8 Å². The normalized spacial score (nSPS) is 14.7. The molecule has 0 aliphatic rings. The average Bonchev–Trinajstić information content (AvgIpc) is 2.23. The summed E-state index contributed by atoms with van der Waals surface area (Å²) >= 11 is 5.75. The molecular weight excluding hydrogens is 218 g/mol. The molecule has 1 heterocycles. The van der Waals surface area contributed by atoms with Crippen molar-refractivity contribution in [2.75, 3.05) is 11.9 Å². The Morgan fingerprint density at radius 2 is 2.33 bits per heavy atom. The van der Waals surface area contributed by atoms with Crippen molar-refractivity contribution in [3.8, 4) is 0 Å². The Morgan fingerprint density at radius 1 is 1.67 bits per heavy atom. The van der Waals surface area contributed by atoms with Crippen LogP contribution in [0, 0.1) is 5.92 Å². The van der Waals surface area contributed by atoms with Gasteiger partial charge in [0.1, 0.15) is 5.02 Å². The molecule has 0 saturated carbocycles. The van der Waals surface area contributed by atoms with E-state index in [4.69, 9.17) is 16.7 Å². The fourth-order valence-electron chi connectivity index (χ4n) is 1.000. The van der Waals surface area contributed by atoms with E-state index >= 15 is 0 Å².